The number of carbonyl (C=O) groups is 1. The van der Waals surface area contributed by atoms with Gasteiger partial charge < -0.3 is 10.2 Å². The van der Waals surface area contributed by atoms with Crippen LogP contribution in [0.4, 0.5) is 0 Å². The third kappa shape index (κ3) is 4.55. The molecule has 0 aromatic heterocycles. The lowest BCUT2D eigenvalue weighted by Crippen LogP contribution is -2.32. The van der Waals surface area contributed by atoms with Gasteiger partial charge in [-0.15, -0.1) is 0 Å². The zero-order chi connectivity index (χ0) is 15.2. The van der Waals surface area contributed by atoms with Gasteiger partial charge in [0.25, 0.3) is 5.91 Å². The van der Waals surface area contributed by atoms with Gasteiger partial charge in [-0.2, -0.15) is 0 Å². The third-order valence-electron chi connectivity index (χ3n) is 4.10. The normalized spacial score (nSPS) is 14.5. The molecule has 1 aromatic carbocycles. The van der Waals surface area contributed by atoms with Crippen LogP contribution in [0.25, 0.3) is 0 Å². The number of hydrogen-bond donors (Lipinski definition) is 1. The second-order valence-electron chi connectivity index (χ2n) is 5.82. The van der Waals surface area contributed by atoms with E-state index in [4.69, 9.17) is 0 Å². The van der Waals surface area contributed by atoms with Gasteiger partial charge in [0.2, 0.25) is 0 Å². The van der Waals surface area contributed by atoms with E-state index in [1.165, 1.54) is 18.4 Å². The van der Waals surface area contributed by atoms with Crippen LogP contribution in [0.15, 0.2) is 24.3 Å². The van der Waals surface area contributed by atoms with E-state index in [1.54, 1.807) is 4.90 Å². The van der Waals surface area contributed by atoms with E-state index in [-0.39, 0.29) is 5.91 Å². The summed E-state index contributed by atoms with van der Waals surface area (Å²) >= 11 is 0. The average molecular weight is 289 g/mol. The van der Waals surface area contributed by atoms with Crippen LogP contribution in [-0.2, 0) is 6.54 Å². The molecule has 1 aliphatic rings. The first-order chi connectivity index (χ1) is 10.2. The van der Waals surface area contributed by atoms with Crippen molar-refractivity contribution in [2.24, 2.45) is 0 Å². The number of amides is 1. The summed E-state index contributed by atoms with van der Waals surface area (Å²) in [7, 11) is 3.74. The smallest absolute Gasteiger partial charge is 0.253 e. The molecule has 1 fully saturated rings. The van der Waals surface area contributed by atoms with E-state index in [0.29, 0.717) is 0 Å². The van der Waals surface area contributed by atoms with E-state index in [1.807, 2.05) is 26.2 Å². The highest BCUT2D eigenvalue weighted by molar-refractivity contribution is 5.94. The predicted molar refractivity (Wildman–Crippen MR) is 86.4 cm³/mol. The lowest BCUT2D eigenvalue weighted by Gasteiger charge is -2.20. The van der Waals surface area contributed by atoms with Crippen molar-refractivity contribution in [3.05, 3.63) is 35.4 Å². The van der Waals surface area contributed by atoms with Gasteiger partial charge in [0, 0.05) is 38.3 Å². The Morgan fingerprint density at radius 2 is 1.95 bits per heavy atom. The van der Waals surface area contributed by atoms with Gasteiger partial charge in [0.1, 0.15) is 0 Å². The van der Waals surface area contributed by atoms with Crippen molar-refractivity contribution in [3.8, 4) is 0 Å². The van der Waals surface area contributed by atoms with Gasteiger partial charge >= 0.3 is 0 Å². The molecule has 0 radical (unpaired) electrons. The van der Waals surface area contributed by atoms with Gasteiger partial charge in [0.05, 0.1) is 0 Å². The third-order valence-corrected chi connectivity index (χ3v) is 4.10. The first-order valence-electron chi connectivity index (χ1n) is 7.88. The van der Waals surface area contributed by atoms with Gasteiger partial charge in [-0.25, -0.2) is 0 Å². The van der Waals surface area contributed by atoms with E-state index in [2.05, 4.69) is 29.3 Å². The molecule has 21 heavy (non-hydrogen) atoms. The quantitative estimate of drug-likeness (QED) is 0.794. The maximum Gasteiger partial charge on any atom is 0.253 e. The molecular formula is C17H27N3O. The van der Waals surface area contributed by atoms with Crippen LogP contribution in [-0.4, -0.2) is 55.5 Å². The van der Waals surface area contributed by atoms with Gasteiger partial charge in [-0.05, 0) is 44.1 Å². The van der Waals surface area contributed by atoms with E-state index in [0.717, 1.165) is 37.8 Å². The molecule has 0 bridgehead atoms. The number of nitrogens with zero attached hydrogens (tertiary/aromatic N) is 2. The fourth-order valence-corrected chi connectivity index (χ4v) is 2.53. The lowest BCUT2D eigenvalue weighted by molar-refractivity contribution is 0.0797. The molecule has 1 N–H and O–H groups in total. The SMILES string of the molecule is CCN(Cc1ccc(C(=O)N(C)CCNC)cc1)C1CC1. The van der Waals surface area contributed by atoms with Gasteiger partial charge in [0.15, 0.2) is 0 Å². The molecule has 0 spiro atoms. The zero-order valence-electron chi connectivity index (χ0n) is 13.4. The maximum atomic E-state index is 12.2. The highest BCUT2D eigenvalue weighted by Crippen LogP contribution is 2.27. The topological polar surface area (TPSA) is 35.6 Å². The Balaban J connectivity index is 1.93. The molecule has 1 amide bonds. The van der Waals surface area contributed by atoms with Crippen LogP contribution in [0, 0.1) is 0 Å². The van der Waals surface area contributed by atoms with Gasteiger partial charge in [-0.1, -0.05) is 19.1 Å². The first-order valence-corrected chi connectivity index (χ1v) is 7.88. The highest BCUT2D eigenvalue weighted by Gasteiger charge is 2.27. The number of hydrogen-bond acceptors (Lipinski definition) is 3. The molecule has 1 aromatic rings. The van der Waals surface area contributed by atoms with Crippen molar-refractivity contribution in [2.75, 3.05) is 33.7 Å². The Morgan fingerprint density at radius 1 is 1.29 bits per heavy atom. The second kappa shape index (κ2) is 7.57. The van der Waals surface area contributed by atoms with Gasteiger partial charge in [-0.3, -0.25) is 9.69 Å². The standard InChI is InChI=1S/C17H27N3O/c1-4-20(16-9-10-16)13-14-5-7-15(8-6-14)17(21)19(3)12-11-18-2/h5-8,16,18H,4,9-13H2,1-3H3. The van der Waals surface area contributed by atoms with Crippen LogP contribution >= 0.6 is 0 Å². The minimum Gasteiger partial charge on any atom is -0.340 e. The molecule has 0 unspecified atom stereocenters. The molecule has 0 heterocycles. The fraction of sp³-hybridized carbons (Fsp3) is 0.588. The molecule has 0 saturated heterocycles. The van der Waals surface area contributed by atoms with Crippen LogP contribution in [0.2, 0.25) is 0 Å². The number of benzene rings is 1. The lowest BCUT2D eigenvalue weighted by atomic mass is 10.1. The number of carbonyl (C=O) groups excluding carboxylic acids is 1. The second-order valence-corrected chi connectivity index (χ2v) is 5.82. The van der Waals surface area contributed by atoms with E-state index >= 15 is 0 Å². The monoisotopic (exact) mass is 289 g/mol. The average Bonchev–Trinajstić information content (AvgIpc) is 3.35. The fourth-order valence-electron chi connectivity index (χ4n) is 2.53. The summed E-state index contributed by atoms with van der Waals surface area (Å²) in [4.78, 5) is 16.5. The predicted octanol–water partition coefficient (Wildman–Crippen LogP) is 1.96. The Hall–Kier alpha value is -1.39. The van der Waals surface area contributed by atoms with Crippen molar-refractivity contribution in [2.45, 2.75) is 32.4 Å². The molecule has 116 valence electrons. The van der Waals surface area contributed by atoms with Crippen LogP contribution in [0.3, 0.4) is 0 Å². The Morgan fingerprint density at radius 3 is 2.48 bits per heavy atom. The first kappa shape index (κ1) is 16.0. The van der Waals surface area contributed by atoms with E-state index in [9.17, 15) is 4.79 Å². The summed E-state index contributed by atoms with van der Waals surface area (Å²) in [5, 5.41) is 3.06. The van der Waals surface area contributed by atoms with Crippen molar-refractivity contribution in [1.29, 1.82) is 0 Å². The van der Waals surface area contributed by atoms with Crippen LogP contribution < -0.4 is 5.32 Å². The molecule has 4 nitrogen and oxygen atoms in total. The Bertz CT molecular complexity index is 454. The summed E-state index contributed by atoms with van der Waals surface area (Å²) in [6.07, 6.45) is 2.67. The number of rotatable bonds is 8. The van der Waals surface area contributed by atoms with Crippen molar-refractivity contribution < 1.29 is 4.79 Å². The minimum absolute atomic E-state index is 0.0892. The summed E-state index contributed by atoms with van der Waals surface area (Å²) in [6.45, 7) is 5.84. The van der Waals surface area contributed by atoms with Crippen molar-refractivity contribution >= 4 is 5.91 Å². The Labute approximate surface area is 128 Å². The number of likely N-dealkylation sites (N-methyl/N-ethyl adjacent to an activating group) is 2. The summed E-state index contributed by atoms with van der Waals surface area (Å²) < 4.78 is 0. The van der Waals surface area contributed by atoms with Crippen LogP contribution in [0.5, 0.6) is 0 Å². The summed E-state index contributed by atoms with van der Waals surface area (Å²) in [5.41, 5.74) is 2.06. The number of nitrogens with one attached hydrogen (secondary N) is 1. The molecular weight excluding hydrogens is 262 g/mol. The molecule has 1 aliphatic carbocycles. The largest absolute Gasteiger partial charge is 0.340 e. The zero-order valence-corrected chi connectivity index (χ0v) is 13.4. The van der Waals surface area contributed by atoms with E-state index < -0.39 is 0 Å². The molecule has 0 aliphatic heterocycles. The molecule has 1 saturated carbocycles. The maximum absolute atomic E-state index is 12.2. The Kier molecular flexibility index (Phi) is 5.76. The van der Waals surface area contributed by atoms with Crippen molar-refractivity contribution in [1.82, 2.24) is 15.1 Å². The van der Waals surface area contributed by atoms with Crippen molar-refractivity contribution in [3.63, 3.8) is 0 Å². The summed E-state index contributed by atoms with van der Waals surface area (Å²) in [6, 6.07) is 8.86. The van der Waals surface area contributed by atoms with Crippen LogP contribution in [0.1, 0.15) is 35.7 Å². The summed E-state index contributed by atoms with van der Waals surface area (Å²) in [5.74, 6) is 0.0892. The minimum atomic E-state index is 0.0892. The molecule has 4 heteroatoms. The molecule has 2 rings (SSSR count). The highest BCUT2D eigenvalue weighted by atomic mass is 16.2. The molecule has 0 atom stereocenters.